The van der Waals surface area contributed by atoms with Gasteiger partial charge in [-0.15, -0.1) is 11.6 Å². The first-order chi connectivity index (χ1) is 9.54. The Kier molecular flexibility index (Phi) is 5.03. The van der Waals surface area contributed by atoms with Crippen LogP contribution in [0.1, 0.15) is 69.3 Å². The summed E-state index contributed by atoms with van der Waals surface area (Å²) in [7, 11) is 0. The summed E-state index contributed by atoms with van der Waals surface area (Å²) in [6.45, 7) is 8.49. The molecule has 2 unspecified atom stereocenters. The number of aromatic nitrogens is 3. The van der Waals surface area contributed by atoms with Crippen LogP contribution in [0.4, 0.5) is 0 Å². The molecule has 2 aromatic heterocycles. The summed E-state index contributed by atoms with van der Waals surface area (Å²) < 4.78 is 2.22. The summed E-state index contributed by atoms with van der Waals surface area (Å²) in [5, 5.41) is -0.0990. The quantitative estimate of drug-likeness (QED) is 0.542. The van der Waals surface area contributed by atoms with Gasteiger partial charge in [0, 0.05) is 12.2 Å². The topological polar surface area (TPSA) is 30.7 Å². The van der Waals surface area contributed by atoms with E-state index < -0.39 is 0 Å². The third kappa shape index (κ3) is 3.14. The SMILES string of the molecule is CCCCCC(C)n1c(C(C)Cl)nc2cc(C)cnc21. The molecule has 2 atom stereocenters. The number of halogens is 1. The number of rotatable bonds is 6. The van der Waals surface area contributed by atoms with Crippen LogP contribution in [0.3, 0.4) is 0 Å². The number of hydrogen-bond donors (Lipinski definition) is 0. The maximum absolute atomic E-state index is 6.31. The van der Waals surface area contributed by atoms with Crippen LogP contribution in [0.5, 0.6) is 0 Å². The van der Waals surface area contributed by atoms with E-state index in [9.17, 15) is 0 Å². The Hall–Kier alpha value is -1.09. The molecule has 4 heteroatoms. The van der Waals surface area contributed by atoms with Crippen molar-refractivity contribution in [1.82, 2.24) is 14.5 Å². The molecular weight excluding hydrogens is 270 g/mol. The monoisotopic (exact) mass is 293 g/mol. The van der Waals surface area contributed by atoms with Crippen molar-refractivity contribution in [3.63, 3.8) is 0 Å². The lowest BCUT2D eigenvalue weighted by atomic mass is 10.1. The summed E-state index contributed by atoms with van der Waals surface area (Å²) in [6.07, 6.45) is 6.80. The van der Waals surface area contributed by atoms with Crippen molar-refractivity contribution in [2.24, 2.45) is 0 Å². The van der Waals surface area contributed by atoms with Gasteiger partial charge in [0.05, 0.1) is 5.38 Å². The summed E-state index contributed by atoms with van der Waals surface area (Å²) >= 11 is 6.31. The van der Waals surface area contributed by atoms with Gasteiger partial charge in [-0.3, -0.25) is 0 Å². The van der Waals surface area contributed by atoms with Crippen LogP contribution < -0.4 is 0 Å². The second-order valence-corrected chi connectivity index (χ2v) is 6.31. The summed E-state index contributed by atoms with van der Waals surface area (Å²) in [5.41, 5.74) is 3.05. The summed E-state index contributed by atoms with van der Waals surface area (Å²) in [6, 6.07) is 2.47. The van der Waals surface area contributed by atoms with Gasteiger partial charge in [0.15, 0.2) is 5.65 Å². The minimum Gasteiger partial charge on any atom is -0.309 e. The van der Waals surface area contributed by atoms with Crippen LogP contribution >= 0.6 is 11.6 Å². The fourth-order valence-corrected chi connectivity index (χ4v) is 2.79. The van der Waals surface area contributed by atoms with Crippen molar-refractivity contribution in [1.29, 1.82) is 0 Å². The third-order valence-electron chi connectivity index (χ3n) is 3.72. The average molecular weight is 294 g/mol. The molecule has 0 spiro atoms. The summed E-state index contributed by atoms with van der Waals surface area (Å²) in [4.78, 5) is 9.27. The molecule has 0 saturated carbocycles. The van der Waals surface area contributed by atoms with Crippen molar-refractivity contribution in [2.45, 2.75) is 64.8 Å². The van der Waals surface area contributed by atoms with Crippen molar-refractivity contribution in [3.05, 3.63) is 23.7 Å². The van der Waals surface area contributed by atoms with Crippen LogP contribution in [-0.2, 0) is 0 Å². The Bertz CT molecular complexity index is 574. The highest BCUT2D eigenvalue weighted by atomic mass is 35.5. The molecule has 0 amide bonds. The minimum absolute atomic E-state index is 0.0990. The molecule has 0 aliphatic carbocycles. The number of fused-ring (bicyclic) bond motifs is 1. The van der Waals surface area contributed by atoms with Gasteiger partial charge in [-0.05, 0) is 38.8 Å². The van der Waals surface area contributed by atoms with Gasteiger partial charge in [0.25, 0.3) is 0 Å². The van der Waals surface area contributed by atoms with E-state index in [-0.39, 0.29) is 5.38 Å². The van der Waals surface area contributed by atoms with Crippen molar-refractivity contribution in [3.8, 4) is 0 Å². The molecule has 2 aromatic rings. The molecule has 0 aromatic carbocycles. The predicted octanol–water partition coefficient (Wildman–Crippen LogP) is 5.18. The second kappa shape index (κ2) is 6.57. The first-order valence-corrected chi connectivity index (χ1v) is 7.96. The van der Waals surface area contributed by atoms with Gasteiger partial charge in [0.2, 0.25) is 0 Å². The highest BCUT2D eigenvalue weighted by molar-refractivity contribution is 6.20. The van der Waals surface area contributed by atoms with Crippen LogP contribution in [0.15, 0.2) is 12.3 Å². The number of aryl methyl sites for hydroxylation is 1. The number of nitrogens with zero attached hydrogens (tertiary/aromatic N) is 3. The Morgan fingerprint density at radius 3 is 2.70 bits per heavy atom. The van der Waals surface area contributed by atoms with E-state index in [0.29, 0.717) is 6.04 Å². The van der Waals surface area contributed by atoms with E-state index >= 15 is 0 Å². The van der Waals surface area contributed by atoms with E-state index in [1.54, 1.807) is 0 Å². The van der Waals surface area contributed by atoms with Crippen LogP contribution in [0, 0.1) is 6.92 Å². The lowest BCUT2D eigenvalue weighted by Crippen LogP contribution is -2.10. The molecule has 0 fully saturated rings. The van der Waals surface area contributed by atoms with E-state index in [1.807, 2.05) is 20.0 Å². The van der Waals surface area contributed by atoms with E-state index in [0.717, 1.165) is 29.0 Å². The number of hydrogen-bond acceptors (Lipinski definition) is 2. The van der Waals surface area contributed by atoms with E-state index in [2.05, 4.69) is 29.5 Å². The van der Waals surface area contributed by atoms with Crippen LogP contribution in [0.2, 0.25) is 0 Å². The third-order valence-corrected chi connectivity index (χ3v) is 3.91. The lowest BCUT2D eigenvalue weighted by molar-refractivity contribution is 0.470. The van der Waals surface area contributed by atoms with Crippen molar-refractivity contribution >= 4 is 22.8 Å². The molecule has 110 valence electrons. The van der Waals surface area contributed by atoms with Gasteiger partial charge in [-0.2, -0.15) is 0 Å². The normalized spacial score (nSPS) is 14.7. The zero-order valence-corrected chi connectivity index (χ0v) is 13.6. The zero-order chi connectivity index (χ0) is 14.7. The molecule has 0 N–H and O–H groups in total. The number of alkyl halides is 1. The lowest BCUT2D eigenvalue weighted by Gasteiger charge is -2.18. The predicted molar refractivity (Wildman–Crippen MR) is 85.4 cm³/mol. The maximum atomic E-state index is 6.31. The second-order valence-electron chi connectivity index (χ2n) is 5.66. The number of pyridine rings is 1. The molecule has 2 rings (SSSR count). The van der Waals surface area contributed by atoms with Gasteiger partial charge in [0.1, 0.15) is 11.3 Å². The molecule has 0 bridgehead atoms. The van der Waals surface area contributed by atoms with Gasteiger partial charge in [-0.1, -0.05) is 26.2 Å². The van der Waals surface area contributed by atoms with Crippen molar-refractivity contribution < 1.29 is 0 Å². The highest BCUT2D eigenvalue weighted by Crippen LogP contribution is 2.29. The number of unbranched alkanes of at least 4 members (excludes halogenated alkanes) is 2. The Labute approximate surface area is 126 Å². The highest BCUT2D eigenvalue weighted by Gasteiger charge is 2.19. The minimum atomic E-state index is -0.0990. The molecular formula is C16H24ClN3. The van der Waals surface area contributed by atoms with Gasteiger partial charge < -0.3 is 4.57 Å². The Morgan fingerprint density at radius 1 is 1.30 bits per heavy atom. The maximum Gasteiger partial charge on any atom is 0.160 e. The zero-order valence-electron chi connectivity index (χ0n) is 12.9. The first-order valence-electron chi connectivity index (χ1n) is 7.53. The van der Waals surface area contributed by atoms with Gasteiger partial charge >= 0.3 is 0 Å². The molecule has 20 heavy (non-hydrogen) atoms. The molecule has 0 aliphatic rings. The fraction of sp³-hybridized carbons (Fsp3) is 0.625. The molecule has 0 radical (unpaired) electrons. The Morgan fingerprint density at radius 2 is 2.05 bits per heavy atom. The largest absolute Gasteiger partial charge is 0.309 e. The van der Waals surface area contributed by atoms with Gasteiger partial charge in [-0.25, -0.2) is 9.97 Å². The van der Waals surface area contributed by atoms with E-state index in [1.165, 1.54) is 19.3 Å². The van der Waals surface area contributed by atoms with Crippen LogP contribution in [0.25, 0.3) is 11.2 Å². The fourth-order valence-electron chi connectivity index (χ4n) is 2.63. The number of imidazole rings is 1. The smallest absolute Gasteiger partial charge is 0.160 e. The molecule has 3 nitrogen and oxygen atoms in total. The van der Waals surface area contributed by atoms with Crippen molar-refractivity contribution in [2.75, 3.05) is 0 Å². The summed E-state index contributed by atoms with van der Waals surface area (Å²) in [5.74, 6) is 0.934. The first kappa shape index (κ1) is 15.3. The van der Waals surface area contributed by atoms with E-state index in [4.69, 9.17) is 16.6 Å². The Balaban J connectivity index is 2.40. The van der Waals surface area contributed by atoms with Crippen LogP contribution in [-0.4, -0.2) is 14.5 Å². The average Bonchev–Trinajstić information content (AvgIpc) is 2.77. The standard InChI is InChI=1S/C16H24ClN3/c1-5-6-7-8-12(3)20-15(13(4)17)19-14-9-11(2)10-18-16(14)20/h9-10,12-13H,5-8H2,1-4H3. The molecule has 0 aliphatic heterocycles. The molecule has 2 heterocycles. The molecule has 0 saturated heterocycles.